The molecule has 3 rings (SSSR count). The molecule has 0 aromatic heterocycles. The Morgan fingerprint density at radius 3 is 2.59 bits per heavy atom. The van der Waals surface area contributed by atoms with E-state index < -0.39 is 29.3 Å². The van der Waals surface area contributed by atoms with Crippen molar-refractivity contribution in [3.63, 3.8) is 0 Å². The Bertz CT molecular complexity index is 727. The van der Waals surface area contributed by atoms with Gasteiger partial charge in [-0.15, -0.1) is 0 Å². The first kappa shape index (κ1) is 22.0. The summed E-state index contributed by atoms with van der Waals surface area (Å²) in [5, 5.41) is 0. The molecular formula is C22H32O7. The van der Waals surface area contributed by atoms with E-state index in [1.165, 1.54) is 0 Å². The van der Waals surface area contributed by atoms with Gasteiger partial charge in [0.05, 0.1) is 23.5 Å². The first-order valence-electron chi connectivity index (χ1n) is 10.1. The summed E-state index contributed by atoms with van der Waals surface area (Å²) in [4.78, 5) is 25.2. The lowest BCUT2D eigenvalue weighted by atomic mass is 9.74. The Kier molecular flexibility index (Phi) is 5.96. The number of hydrogen-bond donors (Lipinski definition) is 0. The van der Waals surface area contributed by atoms with Crippen LogP contribution in [0, 0.1) is 17.8 Å². The Morgan fingerprint density at radius 1 is 1.31 bits per heavy atom. The summed E-state index contributed by atoms with van der Waals surface area (Å²) in [7, 11) is 3.22. The minimum Gasteiger partial charge on any atom is -0.461 e. The van der Waals surface area contributed by atoms with E-state index in [2.05, 4.69) is 6.58 Å². The second-order valence-electron chi connectivity index (χ2n) is 8.80. The van der Waals surface area contributed by atoms with E-state index in [9.17, 15) is 9.59 Å². The largest absolute Gasteiger partial charge is 0.461 e. The zero-order valence-electron chi connectivity index (χ0n) is 18.2. The highest BCUT2D eigenvalue weighted by atomic mass is 16.7. The normalized spacial score (nSPS) is 41.6. The molecule has 0 aromatic rings. The number of cyclic esters (lactones) is 1. The van der Waals surface area contributed by atoms with Gasteiger partial charge in [0.25, 0.3) is 0 Å². The molecule has 3 aliphatic heterocycles. The van der Waals surface area contributed by atoms with Crippen molar-refractivity contribution in [2.45, 2.75) is 64.1 Å². The van der Waals surface area contributed by atoms with Crippen LogP contribution in [0.1, 0.15) is 40.5 Å². The van der Waals surface area contributed by atoms with Crippen LogP contribution in [0.3, 0.4) is 0 Å². The van der Waals surface area contributed by atoms with Gasteiger partial charge < -0.3 is 23.7 Å². The smallest absolute Gasteiger partial charge is 0.313 e. The molecule has 0 N–H and O–H groups in total. The molecule has 0 saturated carbocycles. The summed E-state index contributed by atoms with van der Waals surface area (Å²) in [5.74, 6) is -3.02. The maximum Gasteiger partial charge on any atom is 0.313 e. The Balaban J connectivity index is 2.13. The fourth-order valence-corrected chi connectivity index (χ4v) is 4.72. The number of methoxy groups -OCH3 is 2. The van der Waals surface area contributed by atoms with Gasteiger partial charge in [0.1, 0.15) is 12.7 Å². The molecule has 2 bridgehead atoms. The van der Waals surface area contributed by atoms with E-state index in [0.29, 0.717) is 12.8 Å². The van der Waals surface area contributed by atoms with E-state index in [1.807, 2.05) is 19.9 Å². The molecule has 7 heteroatoms. The number of carbonyl (C=O) groups is 2. The van der Waals surface area contributed by atoms with E-state index in [1.54, 1.807) is 28.1 Å². The van der Waals surface area contributed by atoms with Crippen LogP contribution in [0.4, 0.5) is 0 Å². The van der Waals surface area contributed by atoms with Gasteiger partial charge in [-0.1, -0.05) is 26.5 Å². The average molecular weight is 408 g/mol. The molecule has 3 heterocycles. The van der Waals surface area contributed by atoms with Crippen molar-refractivity contribution < 1.29 is 33.3 Å². The highest BCUT2D eigenvalue weighted by Gasteiger charge is 2.59. The SMILES string of the molecule is C=C1COC(=O)[C@@H]2/C=C(/C)[C@@]3(OC)C[C@@H](OC)[C@@](C)(C[C@@H](OC(=O)C(C)C)[C@@H]12)O3. The van der Waals surface area contributed by atoms with Gasteiger partial charge in [0.2, 0.25) is 0 Å². The minimum atomic E-state index is -1.02. The van der Waals surface area contributed by atoms with Crippen molar-refractivity contribution in [1.82, 2.24) is 0 Å². The summed E-state index contributed by atoms with van der Waals surface area (Å²) in [6.07, 6.45) is 1.76. The van der Waals surface area contributed by atoms with Crippen LogP contribution >= 0.6 is 0 Å². The number of carbonyl (C=O) groups excluding carboxylic acids is 2. The van der Waals surface area contributed by atoms with E-state index >= 15 is 0 Å². The molecule has 0 radical (unpaired) electrons. The Hall–Kier alpha value is -1.70. The first-order valence-corrected chi connectivity index (χ1v) is 10.1. The molecule has 2 saturated heterocycles. The van der Waals surface area contributed by atoms with E-state index in [4.69, 9.17) is 23.7 Å². The lowest BCUT2D eigenvalue weighted by Crippen LogP contribution is -2.48. The molecule has 0 aliphatic carbocycles. The van der Waals surface area contributed by atoms with E-state index in [-0.39, 0.29) is 30.6 Å². The van der Waals surface area contributed by atoms with Crippen molar-refractivity contribution in [1.29, 1.82) is 0 Å². The third kappa shape index (κ3) is 3.76. The zero-order valence-corrected chi connectivity index (χ0v) is 18.2. The number of hydrogen-bond acceptors (Lipinski definition) is 7. The monoisotopic (exact) mass is 408 g/mol. The maximum absolute atomic E-state index is 12.7. The predicted octanol–water partition coefficient (Wildman–Crippen LogP) is 2.79. The zero-order chi connectivity index (χ0) is 21.6. The van der Waals surface area contributed by atoms with Gasteiger partial charge in [0.15, 0.2) is 5.79 Å². The highest BCUT2D eigenvalue weighted by molar-refractivity contribution is 5.77. The average Bonchev–Trinajstić information content (AvgIpc) is 2.98. The predicted molar refractivity (Wildman–Crippen MR) is 105 cm³/mol. The molecule has 29 heavy (non-hydrogen) atoms. The van der Waals surface area contributed by atoms with Crippen molar-refractivity contribution in [2.75, 3.05) is 20.8 Å². The van der Waals surface area contributed by atoms with Crippen LogP contribution in [0.15, 0.2) is 23.8 Å². The summed E-state index contributed by atoms with van der Waals surface area (Å²) in [6, 6.07) is 0. The van der Waals surface area contributed by atoms with Crippen LogP contribution in [0.5, 0.6) is 0 Å². The third-order valence-corrected chi connectivity index (χ3v) is 6.45. The van der Waals surface area contributed by atoms with Gasteiger partial charge in [-0.25, -0.2) is 0 Å². The first-order chi connectivity index (χ1) is 13.6. The third-order valence-electron chi connectivity index (χ3n) is 6.45. The van der Waals surface area contributed by atoms with Crippen molar-refractivity contribution >= 4 is 11.9 Å². The van der Waals surface area contributed by atoms with Crippen LogP contribution in [0.25, 0.3) is 0 Å². The van der Waals surface area contributed by atoms with Crippen LogP contribution in [-0.2, 0) is 33.3 Å². The molecule has 0 aromatic carbocycles. The number of fused-ring (bicyclic) bond motifs is 3. The fourth-order valence-electron chi connectivity index (χ4n) is 4.72. The summed E-state index contributed by atoms with van der Waals surface area (Å²) in [5.41, 5.74) is 0.712. The molecular weight excluding hydrogens is 376 g/mol. The molecule has 0 amide bonds. The fraction of sp³-hybridized carbons (Fsp3) is 0.727. The van der Waals surface area contributed by atoms with Gasteiger partial charge in [-0.05, 0) is 25.0 Å². The van der Waals surface area contributed by atoms with Crippen molar-refractivity contribution in [2.24, 2.45) is 17.8 Å². The quantitative estimate of drug-likeness (QED) is 0.523. The van der Waals surface area contributed by atoms with Crippen LogP contribution in [0.2, 0.25) is 0 Å². The Morgan fingerprint density at radius 2 is 2.00 bits per heavy atom. The molecule has 7 nitrogen and oxygen atoms in total. The lowest BCUT2D eigenvalue weighted by molar-refractivity contribution is -0.224. The molecule has 6 atom stereocenters. The Labute approximate surface area is 172 Å². The molecule has 3 aliphatic rings. The lowest BCUT2D eigenvalue weighted by Gasteiger charge is -2.39. The second kappa shape index (κ2) is 7.85. The standard InChI is InChI=1S/C22H32O7/c1-12(2)19(23)28-16-9-21(5)17(25-6)10-22(26-7,29-21)14(4)8-15-18(16)13(3)11-27-20(15)24/h8,12,15-18H,3,9-11H2,1-2,4-7H3/b14-8-/t15-,16-,17-,18+,21-,22-/m1/s1. The van der Waals surface area contributed by atoms with E-state index in [0.717, 1.165) is 11.1 Å². The topological polar surface area (TPSA) is 80.3 Å². The van der Waals surface area contributed by atoms with Gasteiger partial charge >= 0.3 is 11.9 Å². The number of rotatable bonds is 4. The highest BCUT2D eigenvalue weighted by Crippen LogP contribution is 2.50. The summed E-state index contributed by atoms with van der Waals surface area (Å²) >= 11 is 0. The van der Waals surface area contributed by atoms with Gasteiger partial charge in [0, 0.05) is 33.0 Å². The molecule has 162 valence electrons. The number of esters is 2. The van der Waals surface area contributed by atoms with Gasteiger partial charge in [-0.3, -0.25) is 9.59 Å². The van der Waals surface area contributed by atoms with Crippen molar-refractivity contribution in [3.05, 3.63) is 23.8 Å². The number of ether oxygens (including phenoxy) is 5. The van der Waals surface area contributed by atoms with Gasteiger partial charge in [-0.2, -0.15) is 0 Å². The summed E-state index contributed by atoms with van der Waals surface area (Å²) in [6.45, 7) is 11.6. The van der Waals surface area contributed by atoms with Crippen LogP contribution in [-0.4, -0.2) is 56.4 Å². The van der Waals surface area contributed by atoms with Crippen LogP contribution < -0.4 is 0 Å². The maximum atomic E-state index is 12.7. The summed E-state index contributed by atoms with van der Waals surface area (Å²) < 4.78 is 29.3. The van der Waals surface area contributed by atoms with Crippen molar-refractivity contribution in [3.8, 4) is 0 Å². The molecule has 0 spiro atoms. The minimum absolute atomic E-state index is 0.114. The second-order valence-corrected chi connectivity index (χ2v) is 8.80. The molecule has 2 fully saturated rings. The molecule has 0 unspecified atom stereocenters.